The Kier molecular flexibility index (Phi) is 2.20. The van der Waals surface area contributed by atoms with Crippen molar-refractivity contribution in [1.29, 1.82) is 0 Å². The third-order valence-electron chi connectivity index (χ3n) is 2.44. The third kappa shape index (κ3) is 1.37. The van der Waals surface area contributed by atoms with Crippen LogP contribution in [-0.4, -0.2) is 44.5 Å². The zero-order chi connectivity index (χ0) is 10.1. The monoisotopic (exact) mass is 196 g/mol. The largest absolute Gasteiger partial charge is 0.390 e. The van der Waals surface area contributed by atoms with Crippen LogP contribution in [0.5, 0.6) is 0 Å². The lowest BCUT2D eigenvalue weighted by molar-refractivity contribution is -0.129. The lowest BCUT2D eigenvalue weighted by Gasteiger charge is -2.09. The molecule has 1 atom stereocenters. The van der Waals surface area contributed by atoms with Crippen molar-refractivity contribution in [2.45, 2.75) is 19.1 Å². The molecule has 1 fully saturated rings. The number of carbonyl (C=O) groups is 1. The molecule has 1 saturated heterocycles. The molecule has 1 N–H and O–H groups in total. The fourth-order valence-corrected chi connectivity index (χ4v) is 1.59. The summed E-state index contributed by atoms with van der Waals surface area (Å²) in [4.78, 5) is 13.2. The van der Waals surface area contributed by atoms with Crippen LogP contribution in [0.2, 0.25) is 0 Å². The summed E-state index contributed by atoms with van der Waals surface area (Å²) in [5.74, 6) is 0.0550. The minimum atomic E-state index is -0.243. The van der Waals surface area contributed by atoms with Crippen LogP contribution in [0.15, 0.2) is 6.20 Å². The standard InChI is InChI=1S/C8H12N4O2/c1-11-3-2-7(8(11)14)12-4-6(5-13)9-10-12/h4,7,13H,2-3,5H2,1H3. The quantitative estimate of drug-likeness (QED) is 0.670. The number of nitrogens with zero attached hydrogens (tertiary/aromatic N) is 4. The van der Waals surface area contributed by atoms with Crippen molar-refractivity contribution in [3.63, 3.8) is 0 Å². The van der Waals surface area contributed by atoms with Gasteiger partial charge < -0.3 is 10.0 Å². The number of rotatable bonds is 2. The van der Waals surface area contributed by atoms with E-state index in [4.69, 9.17) is 5.11 Å². The maximum Gasteiger partial charge on any atom is 0.247 e. The van der Waals surface area contributed by atoms with Crippen LogP contribution in [-0.2, 0) is 11.4 Å². The maximum absolute atomic E-state index is 11.6. The van der Waals surface area contributed by atoms with E-state index >= 15 is 0 Å². The zero-order valence-corrected chi connectivity index (χ0v) is 7.92. The average molecular weight is 196 g/mol. The minimum absolute atomic E-state index is 0.0550. The SMILES string of the molecule is CN1CCC(n2cc(CO)nn2)C1=O. The van der Waals surface area contributed by atoms with Crippen LogP contribution < -0.4 is 0 Å². The van der Waals surface area contributed by atoms with E-state index in [9.17, 15) is 4.79 Å². The molecule has 0 radical (unpaired) electrons. The molecular formula is C8H12N4O2. The second kappa shape index (κ2) is 3.38. The van der Waals surface area contributed by atoms with Gasteiger partial charge in [0, 0.05) is 13.6 Å². The molecule has 0 aliphatic carbocycles. The van der Waals surface area contributed by atoms with Gasteiger partial charge in [0.25, 0.3) is 0 Å². The topological polar surface area (TPSA) is 71.2 Å². The number of likely N-dealkylation sites (N-methyl/N-ethyl adjacent to an activating group) is 1. The van der Waals surface area contributed by atoms with Gasteiger partial charge in [-0.05, 0) is 6.42 Å². The molecule has 6 nitrogen and oxygen atoms in total. The average Bonchev–Trinajstić information content (AvgIpc) is 2.75. The van der Waals surface area contributed by atoms with Gasteiger partial charge in [-0.3, -0.25) is 4.79 Å². The van der Waals surface area contributed by atoms with Crippen LogP contribution in [0.25, 0.3) is 0 Å². The highest BCUT2D eigenvalue weighted by molar-refractivity contribution is 5.82. The maximum atomic E-state index is 11.6. The summed E-state index contributed by atoms with van der Waals surface area (Å²) in [6, 6.07) is -0.243. The molecule has 1 aliphatic heterocycles. The highest BCUT2D eigenvalue weighted by Crippen LogP contribution is 2.20. The fraction of sp³-hybridized carbons (Fsp3) is 0.625. The van der Waals surface area contributed by atoms with Crippen LogP contribution in [0.1, 0.15) is 18.2 Å². The number of likely N-dealkylation sites (tertiary alicyclic amines) is 1. The Morgan fingerprint density at radius 3 is 3.00 bits per heavy atom. The number of hydrogen-bond donors (Lipinski definition) is 1. The molecule has 0 aromatic carbocycles. The molecule has 6 heteroatoms. The smallest absolute Gasteiger partial charge is 0.247 e. The van der Waals surface area contributed by atoms with Gasteiger partial charge >= 0.3 is 0 Å². The Hall–Kier alpha value is -1.43. The van der Waals surface area contributed by atoms with Crippen molar-refractivity contribution in [2.75, 3.05) is 13.6 Å². The molecule has 1 aromatic heterocycles. The second-order valence-electron chi connectivity index (χ2n) is 3.41. The molecule has 1 amide bonds. The van der Waals surface area contributed by atoms with Gasteiger partial charge in [0.15, 0.2) is 0 Å². The van der Waals surface area contributed by atoms with Gasteiger partial charge in [0.05, 0.1) is 12.8 Å². The van der Waals surface area contributed by atoms with Gasteiger partial charge in [-0.2, -0.15) is 0 Å². The van der Waals surface area contributed by atoms with E-state index in [0.717, 1.165) is 13.0 Å². The molecule has 0 saturated carbocycles. The number of carbonyl (C=O) groups excluding carboxylic acids is 1. The van der Waals surface area contributed by atoms with Crippen LogP contribution in [0.4, 0.5) is 0 Å². The molecule has 76 valence electrons. The lowest BCUT2D eigenvalue weighted by atomic mass is 10.2. The number of amides is 1. The van der Waals surface area contributed by atoms with Gasteiger partial charge in [0.2, 0.25) is 5.91 Å². The fourth-order valence-electron chi connectivity index (χ4n) is 1.59. The van der Waals surface area contributed by atoms with Gasteiger partial charge in [0.1, 0.15) is 11.7 Å². The van der Waals surface area contributed by atoms with Crippen LogP contribution in [0, 0.1) is 0 Å². The summed E-state index contributed by atoms with van der Waals surface area (Å²) in [5.41, 5.74) is 0.493. The first-order valence-electron chi connectivity index (χ1n) is 4.49. The van der Waals surface area contributed by atoms with Gasteiger partial charge in [-0.15, -0.1) is 5.10 Å². The molecule has 2 rings (SSSR count). The van der Waals surface area contributed by atoms with E-state index in [1.54, 1.807) is 18.1 Å². The Balaban J connectivity index is 2.19. The molecule has 1 unspecified atom stereocenters. The number of hydrogen-bond acceptors (Lipinski definition) is 4. The van der Waals surface area contributed by atoms with Gasteiger partial charge in [-0.1, -0.05) is 5.21 Å². The van der Waals surface area contributed by atoms with Crippen LogP contribution >= 0.6 is 0 Å². The van der Waals surface area contributed by atoms with E-state index in [1.807, 2.05) is 0 Å². The lowest BCUT2D eigenvalue weighted by Crippen LogP contribution is -2.24. The van der Waals surface area contributed by atoms with Crippen molar-refractivity contribution in [3.8, 4) is 0 Å². The molecule has 0 spiro atoms. The van der Waals surface area contributed by atoms with E-state index in [-0.39, 0.29) is 18.6 Å². The highest BCUT2D eigenvalue weighted by atomic mass is 16.3. The molecule has 2 heterocycles. The van der Waals surface area contributed by atoms with Gasteiger partial charge in [-0.25, -0.2) is 4.68 Å². The first kappa shape index (κ1) is 9.14. The molecule has 1 aromatic rings. The summed E-state index contributed by atoms with van der Waals surface area (Å²) in [6.45, 7) is 0.606. The minimum Gasteiger partial charge on any atom is -0.390 e. The molecular weight excluding hydrogens is 184 g/mol. The molecule has 14 heavy (non-hydrogen) atoms. The van der Waals surface area contributed by atoms with E-state index in [1.165, 1.54) is 4.68 Å². The van der Waals surface area contributed by atoms with Crippen molar-refractivity contribution in [2.24, 2.45) is 0 Å². The predicted molar refractivity (Wildman–Crippen MR) is 47.2 cm³/mol. The van der Waals surface area contributed by atoms with E-state index in [2.05, 4.69) is 10.3 Å². The summed E-state index contributed by atoms with van der Waals surface area (Å²) in [7, 11) is 1.77. The first-order chi connectivity index (χ1) is 6.72. The molecule has 1 aliphatic rings. The predicted octanol–water partition coefficient (Wildman–Crippen LogP) is -0.826. The van der Waals surface area contributed by atoms with Crippen LogP contribution in [0.3, 0.4) is 0 Å². The normalized spacial score (nSPS) is 22.0. The second-order valence-corrected chi connectivity index (χ2v) is 3.41. The highest BCUT2D eigenvalue weighted by Gasteiger charge is 2.31. The number of aliphatic hydroxyl groups is 1. The van der Waals surface area contributed by atoms with E-state index in [0.29, 0.717) is 5.69 Å². The van der Waals surface area contributed by atoms with E-state index < -0.39 is 0 Å². The third-order valence-corrected chi connectivity index (χ3v) is 2.44. The summed E-state index contributed by atoms with van der Waals surface area (Å²) >= 11 is 0. The Morgan fingerprint density at radius 1 is 1.71 bits per heavy atom. The van der Waals surface area contributed by atoms with Crippen molar-refractivity contribution in [3.05, 3.63) is 11.9 Å². The Bertz CT molecular complexity index is 349. The summed E-state index contributed by atoms with van der Waals surface area (Å²) in [6.07, 6.45) is 2.37. The summed E-state index contributed by atoms with van der Waals surface area (Å²) in [5, 5.41) is 16.3. The van der Waals surface area contributed by atoms with Crippen molar-refractivity contribution < 1.29 is 9.90 Å². The summed E-state index contributed by atoms with van der Waals surface area (Å²) < 4.78 is 1.53. The Morgan fingerprint density at radius 2 is 2.50 bits per heavy atom. The Labute approximate surface area is 81.1 Å². The van der Waals surface area contributed by atoms with Crippen molar-refractivity contribution >= 4 is 5.91 Å². The first-order valence-corrected chi connectivity index (χ1v) is 4.49. The molecule has 0 bridgehead atoms. The number of aliphatic hydroxyl groups excluding tert-OH is 1. The number of aromatic nitrogens is 3. The van der Waals surface area contributed by atoms with Crippen molar-refractivity contribution in [1.82, 2.24) is 19.9 Å². The zero-order valence-electron chi connectivity index (χ0n) is 7.92.